The number of hydrogen-bond donors (Lipinski definition) is 0. The Hall–Kier alpha value is -2.91. The third-order valence-electron chi connectivity index (χ3n) is 5.24. The van der Waals surface area contributed by atoms with E-state index in [9.17, 15) is 47.9 Å². The van der Waals surface area contributed by atoms with Crippen molar-refractivity contribution in [1.82, 2.24) is 0 Å². The molecule has 0 unspecified atom stereocenters. The van der Waals surface area contributed by atoms with Crippen LogP contribution < -0.4 is 4.74 Å². The zero-order chi connectivity index (χ0) is 29.3. The maximum atomic E-state index is 14.8. The molecule has 0 aromatic heterocycles. The molecule has 0 amide bonds. The third kappa shape index (κ3) is 5.18. The Labute approximate surface area is 219 Å². The lowest BCUT2D eigenvalue weighted by Crippen LogP contribution is -2.63. The highest BCUT2D eigenvalue weighted by molar-refractivity contribution is 8.33. The fourth-order valence-electron chi connectivity index (χ4n) is 3.34. The minimum absolute atomic E-state index is 0.175. The topological polar surface area (TPSA) is 52.6 Å². The normalized spacial score (nSPS) is 14.2. The summed E-state index contributed by atoms with van der Waals surface area (Å²) in [5, 5.41) is -7.04. The average molecular weight is 607 g/mol. The van der Waals surface area contributed by atoms with Crippen molar-refractivity contribution < 1.29 is 56.3 Å². The number of rotatable bonds is 10. The summed E-state index contributed by atoms with van der Waals surface area (Å²) in [6.07, 6.45) is -7.21. The first-order valence-electron chi connectivity index (χ1n) is 10.8. The maximum absolute atomic E-state index is 14.8. The quantitative estimate of drug-likeness (QED) is 0.219. The van der Waals surface area contributed by atoms with Gasteiger partial charge in [0.25, 0.3) is 0 Å². The van der Waals surface area contributed by atoms with Gasteiger partial charge in [-0.05, 0) is 65.8 Å². The second kappa shape index (κ2) is 10.6. The van der Waals surface area contributed by atoms with Gasteiger partial charge in [-0.25, -0.2) is 3.63 Å². The van der Waals surface area contributed by atoms with Crippen LogP contribution >= 0.6 is 10.3 Å². The van der Waals surface area contributed by atoms with Crippen molar-refractivity contribution in [3.63, 3.8) is 0 Å². The van der Waals surface area contributed by atoms with Crippen molar-refractivity contribution in [3.05, 3.63) is 84.9 Å². The van der Waals surface area contributed by atoms with E-state index < -0.39 is 43.7 Å². The molecule has 0 N–H and O–H groups in total. The average Bonchev–Trinajstić information content (AvgIpc) is 2.88. The van der Waals surface area contributed by atoms with Crippen LogP contribution in [0.5, 0.6) is 5.75 Å². The van der Waals surface area contributed by atoms with Crippen molar-refractivity contribution >= 4 is 20.4 Å². The minimum atomic E-state index is -7.45. The molecule has 0 atom stereocenters. The highest BCUT2D eigenvalue weighted by Gasteiger charge is 2.86. The van der Waals surface area contributed by atoms with E-state index in [0.717, 1.165) is 0 Å². The smallest absolute Gasteiger partial charge is 0.460 e. The maximum Gasteiger partial charge on any atom is 0.460 e. The molecule has 0 aliphatic rings. The van der Waals surface area contributed by atoms with Gasteiger partial charge >= 0.3 is 33.4 Å². The summed E-state index contributed by atoms with van der Waals surface area (Å²) < 4.78 is 159. The highest BCUT2D eigenvalue weighted by atomic mass is 32.3. The zero-order valence-electron chi connectivity index (χ0n) is 19.6. The van der Waals surface area contributed by atoms with Gasteiger partial charge in [-0.15, -0.1) is 0 Å². The fourth-order valence-corrected chi connectivity index (χ4v) is 8.56. The molecule has 39 heavy (non-hydrogen) atoms. The number of halogens is 9. The van der Waals surface area contributed by atoms with E-state index in [0.29, 0.717) is 0 Å². The van der Waals surface area contributed by atoms with E-state index in [1.165, 1.54) is 84.9 Å². The van der Waals surface area contributed by atoms with Crippen LogP contribution in [0.4, 0.5) is 39.5 Å². The van der Waals surface area contributed by atoms with Crippen LogP contribution in [0.15, 0.2) is 99.6 Å². The van der Waals surface area contributed by atoms with Gasteiger partial charge in [-0.3, -0.25) is 0 Å². The summed E-state index contributed by atoms with van der Waals surface area (Å²) in [5.74, 6) is -14.6. The predicted octanol–water partition coefficient (Wildman–Crippen LogP) is 8.05. The summed E-state index contributed by atoms with van der Waals surface area (Å²) >= 11 is 0. The van der Waals surface area contributed by atoms with Crippen LogP contribution in [0.3, 0.4) is 0 Å². The second-order valence-corrected chi connectivity index (χ2v) is 12.3. The zero-order valence-corrected chi connectivity index (χ0v) is 21.3. The lowest BCUT2D eigenvalue weighted by molar-refractivity contribution is -0.382. The first-order valence-corrected chi connectivity index (χ1v) is 13.7. The molecule has 0 aliphatic carbocycles. The minimum Gasteiger partial charge on any atom is -0.494 e. The first-order chi connectivity index (χ1) is 18.0. The molecule has 0 saturated heterocycles. The van der Waals surface area contributed by atoms with Crippen LogP contribution in [0, 0.1) is 0 Å². The summed E-state index contributed by atoms with van der Waals surface area (Å²) in [6.45, 7) is 1.85. The van der Waals surface area contributed by atoms with E-state index >= 15 is 0 Å². The Morgan fingerprint density at radius 3 is 1.41 bits per heavy atom. The molecule has 0 fully saturated rings. The predicted molar refractivity (Wildman–Crippen MR) is 124 cm³/mol. The molecule has 15 heteroatoms. The number of alkyl halides is 9. The van der Waals surface area contributed by atoms with Crippen LogP contribution in [-0.2, 0) is 13.7 Å². The molecule has 3 aromatic carbocycles. The Balaban J connectivity index is 2.33. The molecule has 0 bridgehead atoms. The number of hydrogen-bond acceptors (Lipinski definition) is 4. The SMILES string of the molecule is CCOc1ccc(S(OS(=O)(=O)C(F)(F)C(F)(F)C(F)(F)C(F)(F)F)(c2ccccc2)c2ccccc2)cc1. The van der Waals surface area contributed by atoms with Gasteiger partial charge in [0.15, 0.2) is 0 Å². The Kier molecular flexibility index (Phi) is 8.31. The van der Waals surface area contributed by atoms with Gasteiger partial charge in [0.05, 0.1) is 6.61 Å². The lowest BCUT2D eigenvalue weighted by Gasteiger charge is -2.41. The van der Waals surface area contributed by atoms with Crippen molar-refractivity contribution in [2.45, 2.75) is 44.9 Å². The van der Waals surface area contributed by atoms with Crippen molar-refractivity contribution in [2.75, 3.05) is 6.61 Å². The Bertz CT molecular complexity index is 1320. The van der Waals surface area contributed by atoms with Crippen LogP contribution in [0.1, 0.15) is 6.92 Å². The summed E-state index contributed by atoms with van der Waals surface area (Å²) in [5.41, 5.74) is 0. The molecule has 0 radical (unpaired) electrons. The highest BCUT2D eigenvalue weighted by Crippen LogP contribution is 2.71. The summed E-state index contributed by atoms with van der Waals surface area (Å²) in [6, 6.07) is 17.9. The van der Waals surface area contributed by atoms with Gasteiger partial charge in [0.2, 0.25) is 0 Å². The molecule has 4 nitrogen and oxygen atoms in total. The van der Waals surface area contributed by atoms with E-state index in [-0.39, 0.29) is 27.0 Å². The molecule has 0 saturated carbocycles. The fraction of sp³-hybridized carbons (Fsp3) is 0.250. The van der Waals surface area contributed by atoms with Crippen molar-refractivity contribution in [1.29, 1.82) is 0 Å². The molecule has 3 rings (SSSR count). The van der Waals surface area contributed by atoms with E-state index in [2.05, 4.69) is 0 Å². The van der Waals surface area contributed by atoms with Crippen molar-refractivity contribution in [3.8, 4) is 5.75 Å². The number of ether oxygens (including phenoxy) is 1. The van der Waals surface area contributed by atoms with Crippen LogP contribution in [0.25, 0.3) is 0 Å². The first kappa shape index (κ1) is 30.6. The van der Waals surface area contributed by atoms with Gasteiger partial charge < -0.3 is 4.74 Å². The summed E-state index contributed by atoms with van der Waals surface area (Å²) in [7, 11) is -11.3. The molecule has 0 aliphatic heterocycles. The Morgan fingerprint density at radius 1 is 0.615 bits per heavy atom. The molecule has 0 heterocycles. The second-order valence-electron chi connectivity index (χ2n) is 7.77. The third-order valence-corrected chi connectivity index (χ3v) is 10.5. The van der Waals surface area contributed by atoms with E-state index in [4.69, 9.17) is 8.37 Å². The molecule has 0 spiro atoms. The Morgan fingerprint density at radius 2 is 1.03 bits per heavy atom. The van der Waals surface area contributed by atoms with E-state index in [1.807, 2.05) is 0 Å². The van der Waals surface area contributed by atoms with Gasteiger partial charge in [0, 0.05) is 14.7 Å². The molecular weight excluding hydrogens is 587 g/mol. The summed E-state index contributed by atoms with van der Waals surface area (Å²) in [4.78, 5) is -0.551. The molecule has 214 valence electrons. The van der Waals surface area contributed by atoms with Gasteiger partial charge in [-0.2, -0.15) is 47.9 Å². The number of benzene rings is 3. The lowest BCUT2D eigenvalue weighted by atomic mass is 10.1. The van der Waals surface area contributed by atoms with Crippen LogP contribution in [0.2, 0.25) is 0 Å². The van der Waals surface area contributed by atoms with Gasteiger partial charge in [-0.1, -0.05) is 36.4 Å². The van der Waals surface area contributed by atoms with Crippen molar-refractivity contribution in [2.24, 2.45) is 0 Å². The van der Waals surface area contributed by atoms with Crippen LogP contribution in [-0.4, -0.2) is 38.3 Å². The monoisotopic (exact) mass is 606 g/mol. The standard InChI is InChI=1S/C24H19F9O4S2/c1-2-36-17-13-15-20(16-14-17)38(18-9-5-3-6-10-18,19-11-7-4-8-12-19)37-39(34,35)24(32,33)22(27,28)21(25,26)23(29,30)31/h3-16H,2H2,1H3. The largest absolute Gasteiger partial charge is 0.494 e. The molecular formula is C24H19F9O4S2. The van der Waals surface area contributed by atoms with E-state index in [1.54, 1.807) is 6.92 Å². The van der Waals surface area contributed by atoms with Gasteiger partial charge in [0.1, 0.15) is 5.75 Å². The molecule has 3 aromatic rings.